The highest BCUT2D eigenvalue weighted by Gasteiger charge is 2.11. The number of aromatic nitrogens is 2. The maximum atomic E-state index is 9.54. The average Bonchev–Trinajstić information content (AvgIpc) is 2.80. The van der Waals surface area contributed by atoms with E-state index >= 15 is 0 Å². The molecule has 0 aliphatic heterocycles. The number of anilines is 1. The van der Waals surface area contributed by atoms with Gasteiger partial charge in [-0.15, -0.1) is 10.2 Å². The fourth-order valence-corrected chi connectivity index (χ4v) is 3.74. The molecule has 0 bridgehead atoms. The first-order valence-electron chi connectivity index (χ1n) is 5.63. The van der Waals surface area contributed by atoms with Gasteiger partial charge in [0.2, 0.25) is 5.13 Å². The maximum absolute atomic E-state index is 9.54. The Labute approximate surface area is 129 Å². The number of rotatable bonds is 4. The smallest absolute Gasteiger partial charge is 0.208 e. The summed E-state index contributed by atoms with van der Waals surface area (Å²) in [6, 6.07) is 5.83. The summed E-state index contributed by atoms with van der Waals surface area (Å²) < 4.78 is 1.85. The van der Waals surface area contributed by atoms with Crippen molar-refractivity contribution >= 4 is 44.2 Å². The fourth-order valence-electron chi connectivity index (χ4n) is 1.38. The van der Waals surface area contributed by atoms with Crippen LogP contribution in [0.25, 0.3) is 0 Å². The molecule has 0 aliphatic rings. The van der Waals surface area contributed by atoms with E-state index in [1.165, 1.54) is 0 Å². The largest absolute Gasteiger partial charge is 0.389 e. The highest BCUT2D eigenvalue weighted by molar-refractivity contribution is 9.10. The molecule has 0 unspecified atom stereocenters. The summed E-state index contributed by atoms with van der Waals surface area (Å²) in [7, 11) is 3.89. The van der Waals surface area contributed by atoms with Crippen LogP contribution in [0.15, 0.2) is 31.9 Å². The summed E-state index contributed by atoms with van der Waals surface area (Å²) in [4.78, 5) is 3.00. The van der Waals surface area contributed by atoms with Gasteiger partial charge in [-0.1, -0.05) is 29.2 Å². The zero-order chi connectivity index (χ0) is 14.0. The Kier molecular flexibility index (Phi) is 4.83. The molecule has 2 rings (SSSR count). The second kappa shape index (κ2) is 6.21. The minimum Gasteiger partial charge on any atom is -0.389 e. The lowest BCUT2D eigenvalue weighted by atomic mass is 10.1. The number of hydrogen-bond donors (Lipinski definition) is 1. The van der Waals surface area contributed by atoms with Crippen LogP contribution in [0.2, 0.25) is 0 Å². The van der Waals surface area contributed by atoms with Gasteiger partial charge in [-0.25, -0.2) is 0 Å². The summed E-state index contributed by atoms with van der Waals surface area (Å²) in [6.45, 7) is 1.75. The van der Waals surface area contributed by atoms with E-state index in [0.717, 1.165) is 24.4 Å². The molecule has 1 aromatic carbocycles. The molecular weight excluding hydrogens is 346 g/mol. The minimum absolute atomic E-state index is 0.461. The SMILES string of the molecule is C[C@@H](O)c1ccc(Sc2nnc(N(C)C)s2)c(Br)c1. The second-order valence-electron chi connectivity index (χ2n) is 4.21. The van der Waals surface area contributed by atoms with Gasteiger partial charge in [-0.05, 0) is 40.5 Å². The molecule has 0 saturated carbocycles. The van der Waals surface area contributed by atoms with Crippen LogP contribution in [0.5, 0.6) is 0 Å². The molecular formula is C12H14BrN3OS2. The third-order valence-electron chi connectivity index (χ3n) is 2.41. The lowest BCUT2D eigenvalue weighted by molar-refractivity contribution is 0.199. The molecule has 0 fully saturated rings. The van der Waals surface area contributed by atoms with Gasteiger partial charge in [0.05, 0.1) is 6.10 Å². The Hall–Kier alpha value is -0.630. The summed E-state index contributed by atoms with van der Waals surface area (Å²) in [5.74, 6) is 0. The molecule has 1 atom stereocenters. The Morgan fingerprint density at radius 1 is 1.37 bits per heavy atom. The molecule has 4 nitrogen and oxygen atoms in total. The van der Waals surface area contributed by atoms with Gasteiger partial charge in [0.1, 0.15) is 0 Å². The first-order valence-corrected chi connectivity index (χ1v) is 8.06. The quantitative estimate of drug-likeness (QED) is 0.903. The van der Waals surface area contributed by atoms with Gasteiger partial charge in [0, 0.05) is 23.5 Å². The van der Waals surface area contributed by atoms with Crippen molar-refractivity contribution < 1.29 is 5.11 Å². The van der Waals surface area contributed by atoms with Crippen LogP contribution in [-0.2, 0) is 0 Å². The first-order chi connectivity index (χ1) is 8.97. The third-order valence-corrected chi connectivity index (χ3v) is 5.55. The summed E-state index contributed by atoms with van der Waals surface area (Å²) in [5.41, 5.74) is 0.891. The third kappa shape index (κ3) is 3.68. The van der Waals surface area contributed by atoms with Crippen molar-refractivity contribution in [2.75, 3.05) is 19.0 Å². The highest BCUT2D eigenvalue weighted by atomic mass is 79.9. The molecule has 19 heavy (non-hydrogen) atoms. The predicted octanol–water partition coefficient (Wildman–Crippen LogP) is 3.57. The van der Waals surface area contributed by atoms with E-state index in [4.69, 9.17) is 0 Å². The molecule has 0 aliphatic carbocycles. The van der Waals surface area contributed by atoms with E-state index < -0.39 is 6.10 Å². The van der Waals surface area contributed by atoms with Crippen LogP contribution in [-0.4, -0.2) is 29.4 Å². The summed E-state index contributed by atoms with van der Waals surface area (Å²) >= 11 is 6.64. The summed E-state index contributed by atoms with van der Waals surface area (Å²) in [5, 5.41) is 18.7. The van der Waals surface area contributed by atoms with Crippen molar-refractivity contribution in [2.24, 2.45) is 0 Å². The van der Waals surface area contributed by atoms with Crippen molar-refractivity contribution in [3.05, 3.63) is 28.2 Å². The Balaban J connectivity index is 2.18. The van der Waals surface area contributed by atoms with Crippen LogP contribution in [0.4, 0.5) is 5.13 Å². The molecule has 0 amide bonds. The van der Waals surface area contributed by atoms with Gasteiger partial charge in [0.25, 0.3) is 0 Å². The molecule has 2 aromatic rings. The van der Waals surface area contributed by atoms with Crippen molar-refractivity contribution in [2.45, 2.75) is 22.3 Å². The van der Waals surface area contributed by atoms with E-state index in [9.17, 15) is 5.11 Å². The van der Waals surface area contributed by atoms with Crippen molar-refractivity contribution in [1.82, 2.24) is 10.2 Å². The number of nitrogens with zero attached hydrogens (tertiary/aromatic N) is 3. The number of aliphatic hydroxyl groups is 1. The van der Waals surface area contributed by atoms with Crippen LogP contribution in [0.1, 0.15) is 18.6 Å². The standard InChI is InChI=1S/C12H14BrN3OS2/c1-7(17)8-4-5-10(9(13)6-8)18-12-15-14-11(19-12)16(2)3/h4-7,17H,1-3H3/t7-/m1/s1. The van der Waals surface area contributed by atoms with Crippen LogP contribution >= 0.6 is 39.0 Å². The molecule has 1 N–H and O–H groups in total. The van der Waals surface area contributed by atoms with Crippen molar-refractivity contribution in [3.8, 4) is 0 Å². The molecule has 1 heterocycles. The van der Waals surface area contributed by atoms with E-state index in [0.29, 0.717) is 0 Å². The zero-order valence-corrected chi connectivity index (χ0v) is 14.0. The Morgan fingerprint density at radius 3 is 2.63 bits per heavy atom. The normalized spacial score (nSPS) is 12.5. The monoisotopic (exact) mass is 359 g/mol. The first kappa shape index (κ1) is 14.8. The van der Waals surface area contributed by atoms with Crippen molar-refractivity contribution in [3.63, 3.8) is 0 Å². The molecule has 7 heteroatoms. The Bertz CT molecular complexity index is 572. The summed E-state index contributed by atoms with van der Waals surface area (Å²) in [6.07, 6.45) is -0.461. The molecule has 1 aromatic heterocycles. The van der Waals surface area contributed by atoms with Gasteiger partial charge in [-0.3, -0.25) is 0 Å². The van der Waals surface area contributed by atoms with Crippen LogP contribution < -0.4 is 4.90 Å². The number of hydrogen-bond acceptors (Lipinski definition) is 6. The average molecular weight is 360 g/mol. The molecule has 0 radical (unpaired) electrons. The number of halogens is 1. The van der Waals surface area contributed by atoms with E-state index in [1.54, 1.807) is 30.0 Å². The van der Waals surface area contributed by atoms with Crippen LogP contribution in [0.3, 0.4) is 0 Å². The Morgan fingerprint density at radius 2 is 2.11 bits per heavy atom. The topological polar surface area (TPSA) is 49.3 Å². The van der Waals surface area contributed by atoms with Gasteiger partial charge in [-0.2, -0.15) is 0 Å². The van der Waals surface area contributed by atoms with Gasteiger partial charge in [0.15, 0.2) is 4.34 Å². The molecule has 0 saturated heterocycles. The van der Waals surface area contributed by atoms with E-state index in [1.807, 2.05) is 37.2 Å². The van der Waals surface area contributed by atoms with Gasteiger partial charge >= 0.3 is 0 Å². The lowest BCUT2D eigenvalue weighted by Crippen LogP contribution is -2.07. The second-order valence-corrected chi connectivity index (χ2v) is 7.31. The highest BCUT2D eigenvalue weighted by Crippen LogP contribution is 2.37. The zero-order valence-electron chi connectivity index (χ0n) is 10.8. The van der Waals surface area contributed by atoms with Crippen LogP contribution in [0, 0.1) is 0 Å². The minimum atomic E-state index is -0.461. The number of benzene rings is 1. The van der Waals surface area contributed by atoms with E-state index in [-0.39, 0.29) is 0 Å². The van der Waals surface area contributed by atoms with E-state index in [2.05, 4.69) is 26.1 Å². The maximum Gasteiger partial charge on any atom is 0.208 e. The molecule has 0 spiro atoms. The fraction of sp³-hybridized carbons (Fsp3) is 0.333. The lowest BCUT2D eigenvalue weighted by Gasteiger charge is -2.07. The van der Waals surface area contributed by atoms with Gasteiger partial charge < -0.3 is 10.0 Å². The predicted molar refractivity (Wildman–Crippen MR) is 83.1 cm³/mol. The van der Waals surface area contributed by atoms with Crippen molar-refractivity contribution in [1.29, 1.82) is 0 Å². The number of aliphatic hydroxyl groups excluding tert-OH is 1. The molecule has 102 valence electrons.